The summed E-state index contributed by atoms with van der Waals surface area (Å²) in [7, 11) is 0. The minimum atomic E-state index is 0.415. The van der Waals surface area contributed by atoms with Gasteiger partial charge < -0.3 is 10.3 Å². The van der Waals surface area contributed by atoms with Gasteiger partial charge in [-0.2, -0.15) is 0 Å². The highest BCUT2D eigenvalue weighted by Gasteiger charge is 2.26. The highest BCUT2D eigenvalue weighted by molar-refractivity contribution is 6.31. The lowest BCUT2D eigenvalue weighted by atomic mass is 9.81. The van der Waals surface area contributed by atoms with Gasteiger partial charge in [0.1, 0.15) is 5.82 Å². The zero-order valence-corrected chi connectivity index (χ0v) is 13.6. The molecule has 0 atom stereocenters. The Kier molecular flexibility index (Phi) is 4.23. The molecule has 0 spiro atoms. The largest absolute Gasteiger partial charge is 0.330 e. The van der Waals surface area contributed by atoms with Crippen molar-refractivity contribution in [2.45, 2.75) is 51.5 Å². The number of aromatic nitrogens is 2. The molecule has 2 aromatic rings. The SMILES string of the molecule is CC(C)n1c(C2CCC(CN)CC2)nc2cc(Cl)ccc21. The Labute approximate surface area is 131 Å². The fraction of sp³-hybridized carbons (Fsp3) is 0.588. The monoisotopic (exact) mass is 305 g/mol. The minimum Gasteiger partial charge on any atom is -0.330 e. The first-order chi connectivity index (χ1) is 10.1. The molecule has 1 saturated carbocycles. The van der Waals surface area contributed by atoms with E-state index < -0.39 is 0 Å². The van der Waals surface area contributed by atoms with Crippen LogP contribution >= 0.6 is 11.6 Å². The molecule has 3 nitrogen and oxygen atoms in total. The number of hydrogen-bond donors (Lipinski definition) is 1. The van der Waals surface area contributed by atoms with Crippen LogP contribution in [0.2, 0.25) is 5.02 Å². The number of hydrogen-bond acceptors (Lipinski definition) is 2. The molecule has 1 aliphatic carbocycles. The number of nitrogens with two attached hydrogens (primary N) is 1. The van der Waals surface area contributed by atoms with Crippen LogP contribution in [0.25, 0.3) is 11.0 Å². The first-order valence-corrected chi connectivity index (χ1v) is 8.35. The van der Waals surface area contributed by atoms with E-state index in [1.54, 1.807) is 0 Å². The third-order valence-electron chi connectivity index (χ3n) is 4.74. The van der Waals surface area contributed by atoms with E-state index in [0.29, 0.717) is 17.9 Å². The number of benzene rings is 1. The van der Waals surface area contributed by atoms with Crippen molar-refractivity contribution < 1.29 is 0 Å². The van der Waals surface area contributed by atoms with Gasteiger partial charge in [-0.15, -0.1) is 0 Å². The summed E-state index contributed by atoms with van der Waals surface area (Å²) in [6.07, 6.45) is 4.85. The Balaban J connectivity index is 1.99. The molecule has 1 heterocycles. The van der Waals surface area contributed by atoms with Crippen LogP contribution in [0.3, 0.4) is 0 Å². The smallest absolute Gasteiger partial charge is 0.113 e. The fourth-order valence-electron chi connectivity index (χ4n) is 3.58. The van der Waals surface area contributed by atoms with Crippen molar-refractivity contribution in [1.82, 2.24) is 9.55 Å². The van der Waals surface area contributed by atoms with Gasteiger partial charge in [0.15, 0.2) is 0 Å². The summed E-state index contributed by atoms with van der Waals surface area (Å²) in [5.41, 5.74) is 8.03. The van der Waals surface area contributed by atoms with Crippen molar-refractivity contribution in [3.05, 3.63) is 29.0 Å². The van der Waals surface area contributed by atoms with Gasteiger partial charge in [-0.25, -0.2) is 4.98 Å². The molecule has 0 amide bonds. The Morgan fingerprint density at radius 1 is 1.29 bits per heavy atom. The number of nitrogens with zero attached hydrogens (tertiary/aromatic N) is 2. The van der Waals surface area contributed by atoms with Crippen molar-refractivity contribution in [2.24, 2.45) is 11.7 Å². The van der Waals surface area contributed by atoms with Crippen molar-refractivity contribution in [3.63, 3.8) is 0 Å². The van der Waals surface area contributed by atoms with Gasteiger partial charge in [-0.3, -0.25) is 0 Å². The summed E-state index contributed by atoms with van der Waals surface area (Å²) in [5.74, 6) is 2.49. The molecular weight excluding hydrogens is 282 g/mol. The zero-order chi connectivity index (χ0) is 15.0. The van der Waals surface area contributed by atoms with Crippen molar-refractivity contribution in [1.29, 1.82) is 0 Å². The van der Waals surface area contributed by atoms with Crippen LogP contribution in [0.4, 0.5) is 0 Å². The molecule has 4 heteroatoms. The fourth-order valence-corrected chi connectivity index (χ4v) is 3.74. The lowest BCUT2D eigenvalue weighted by Gasteiger charge is -2.28. The van der Waals surface area contributed by atoms with Gasteiger partial charge in [0.2, 0.25) is 0 Å². The quantitative estimate of drug-likeness (QED) is 0.907. The molecular formula is C17H24ClN3. The zero-order valence-electron chi connectivity index (χ0n) is 12.8. The van der Waals surface area contributed by atoms with Gasteiger partial charge in [-0.1, -0.05) is 11.6 Å². The number of rotatable bonds is 3. The Morgan fingerprint density at radius 2 is 2.00 bits per heavy atom. The first-order valence-electron chi connectivity index (χ1n) is 7.97. The van der Waals surface area contributed by atoms with Crippen molar-refractivity contribution in [3.8, 4) is 0 Å². The van der Waals surface area contributed by atoms with Crippen LogP contribution in [0.5, 0.6) is 0 Å². The summed E-state index contributed by atoms with van der Waals surface area (Å²) in [5, 5.41) is 0.759. The average Bonchev–Trinajstić information content (AvgIpc) is 2.85. The molecule has 0 aliphatic heterocycles. The van der Waals surface area contributed by atoms with Gasteiger partial charge in [0, 0.05) is 17.0 Å². The predicted octanol–water partition coefficient (Wildman–Crippen LogP) is 4.50. The molecule has 1 aromatic carbocycles. The van der Waals surface area contributed by atoms with E-state index >= 15 is 0 Å². The molecule has 0 bridgehead atoms. The number of imidazole rings is 1. The van der Waals surface area contributed by atoms with E-state index in [1.165, 1.54) is 37.0 Å². The Hall–Kier alpha value is -1.06. The van der Waals surface area contributed by atoms with E-state index in [-0.39, 0.29) is 0 Å². The van der Waals surface area contributed by atoms with Gasteiger partial charge >= 0.3 is 0 Å². The predicted molar refractivity (Wildman–Crippen MR) is 88.9 cm³/mol. The molecule has 0 saturated heterocycles. The normalized spacial score (nSPS) is 23.1. The van der Waals surface area contributed by atoms with Crippen LogP contribution in [0.15, 0.2) is 18.2 Å². The second-order valence-corrected chi connectivity index (χ2v) is 6.96. The van der Waals surface area contributed by atoms with E-state index in [0.717, 1.165) is 17.1 Å². The maximum Gasteiger partial charge on any atom is 0.113 e. The molecule has 21 heavy (non-hydrogen) atoms. The molecule has 0 radical (unpaired) electrons. The highest BCUT2D eigenvalue weighted by Crippen LogP contribution is 2.37. The second-order valence-electron chi connectivity index (χ2n) is 6.52. The molecule has 1 fully saturated rings. The lowest BCUT2D eigenvalue weighted by Crippen LogP contribution is -2.22. The van der Waals surface area contributed by atoms with E-state index in [2.05, 4.69) is 24.5 Å². The Bertz CT molecular complexity index is 624. The minimum absolute atomic E-state index is 0.415. The summed E-state index contributed by atoms with van der Waals surface area (Å²) in [6.45, 7) is 5.28. The molecule has 2 N–H and O–H groups in total. The molecule has 0 unspecified atom stereocenters. The van der Waals surface area contributed by atoms with Crippen LogP contribution < -0.4 is 5.73 Å². The van der Waals surface area contributed by atoms with Crippen LogP contribution in [-0.2, 0) is 0 Å². The van der Waals surface area contributed by atoms with Crippen molar-refractivity contribution in [2.75, 3.05) is 6.54 Å². The standard InChI is InChI=1S/C17H24ClN3/c1-11(2)21-16-8-7-14(18)9-15(16)20-17(21)13-5-3-12(10-19)4-6-13/h7-9,11-13H,3-6,10,19H2,1-2H3. The van der Waals surface area contributed by atoms with E-state index in [9.17, 15) is 0 Å². The molecule has 3 rings (SSSR count). The first kappa shape index (κ1) is 14.9. The number of halogens is 1. The second kappa shape index (κ2) is 5.98. The number of fused-ring (bicyclic) bond motifs is 1. The molecule has 1 aliphatic rings. The lowest BCUT2D eigenvalue weighted by molar-refractivity contribution is 0.318. The third kappa shape index (κ3) is 2.82. The third-order valence-corrected chi connectivity index (χ3v) is 4.98. The molecule has 1 aromatic heterocycles. The summed E-state index contributed by atoms with van der Waals surface area (Å²) >= 11 is 6.12. The van der Waals surface area contributed by atoms with Gasteiger partial charge in [0.25, 0.3) is 0 Å². The van der Waals surface area contributed by atoms with Gasteiger partial charge in [-0.05, 0) is 70.2 Å². The summed E-state index contributed by atoms with van der Waals surface area (Å²) in [4.78, 5) is 4.92. The topological polar surface area (TPSA) is 43.8 Å². The Morgan fingerprint density at radius 3 is 2.62 bits per heavy atom. The van der Waals surface area contributed by atoms with E-state index in [4.69, 9.17) is 22.3 Å². The van der Waals surface area contributed by atoms with E-state index in [1.807, 2.05) is 12.1 Å². The van der Waals surface area contributed by atoms with Gasteiger partial charge in [0.05, 0.1) is 11.0 Å². The average molecular weight is 306 g/mol. The maximum atomic E-state index is 6.12. The summed E-state index contributed by atoms with van der Waals surface area (Å²) < 4.78 is 2.39. The molecule has 114 valence electrons. The maximum absolute atomic E-state index is 6.12. The van der Waals surface area contributed by atoms with Crippen LogP contribution in [-0.4, -0.2) is 16.1 Å². The van der Waals surface area contributed by atoms with Crippen molar-refractivity contribution >= 4 is 22.6 Å². The van der Waals surface area contributed by atoms with Crippen LogP contribution in [0, 0.1) is 5.92 Å². The summed E-state index contributed by atoms with van der Waals surface area (Å²) in [6, 6.07) is 6.45. The van der Waals surface area contributed by atoms with Crippen LogP contribution in [0.1, 0.15) is 57.3 Å². The highest BCUT2D eigenvalue weighted by atomic mass is 35.5.